The molecule has 1 aliphatic heterocycles. The largest absolute Gasteiger partial charge is 0.285 e. The van der Waals surface area contributed by atoms with Gasteiger partial charge in [-0.25, -0.2) is 4.68 Å². The van der Waals surface area contributed by atoms with E-state index in [0.717, 1.165) is 40.4 Å². The summed E-state index contributed by atoms with van der Waals surface area (Å²) in [5.41, 5.74) is 3.58. The highest BCUT2D eigenvalue weighted by Gasteiger charge is 2.34. The van der Waals surface area contributed by atoms with Crippen LogP contribution in [0, 0.1) is 0 Å². The van der Waals surface area contributed by atoms with Gasteiger partial charge in [0.25, 0.3) is 0 Å². The predicted molar refractivity (Wildman–Crippen MR) is 114 cm³/mol. The first kappa shape index (κ1) is 19.6. The molecule has 0 amide bonds. The molecule has 1 aromatic heterocycles. The van der Waals surface area contributed by atoms with Gasteiger partial charge in [-0.15, -0.1) is 5.10 Å². The second-order valence-electron chi connectivity index (χ2n) is 8.18. The summed E-state index contributed by atoms with van der Waals surface area (Å²) in [6.45, 7) is 8.09. The Balaban J connectivity index is 1.82. The quantitative estimate of drug-likeness (QED) is 0.552. The summed E-state index contributed by atoms with van der Waals surface area (Å²) >= 11 is 10.0. The van der Waals surface area contributed by atoms with Crippen LogP contribution in [0.15, 0.2) is 46.9 Å². The molecular weight excluding hydrogens is 438 g/mol. The van der Waals surface area contributed by atoms with Crippen molar-refractivity contribution in [3.05, 3.63) is 74.5 Å². The monoisotopic (exact) mass is 459 g/mol. The van der Waals surface area contributed by atoms with E-state index < -0.39 is 0 Å². The average molecular weight is 461 g/mol. The van der Waals surface area contributed by atoms with Crippen molar-refractivity contribution in [2.75, 3.05) is 6.54 Å². The summed E-state index contributed by atoms with van der Waals surface area (Å²) in [7, 11) is 0. The molecule has 0 aliphatic carbocycles. The van der Waals surface area contributed by atoms with E-state index in [-0.39, 0.29) is 11.6 Å². The Morgan fingerprint density at radius 1 is 1.11 bits per heavy atom. The van der Waals surface area contributed by atoms with E-state index in [2.05, 4.69) is 87.5 Å². The zero-order chi connectivity index (χ0) is 19.9. The summed E-state index contributed by atoms with van der Waals surface area (Å²) in [6, 6.07) is 14.4. The van der Waals surface area contributed by atoms with Crippen molar-refractivity contribution in [1.29, 1.82) is 0 Å². The molecule has 2 aromatic carbocycles. The van der Waals surface area contributed by atoms with Gasteiger partial charge in [0.2, 0.25) is 0 Å². The van der Waals surface area contributed by atoms with Gasteiger partial charge in [-0.1, -0.05) is 51.8 Å². The predicted octanol–water partition coefficient (Wildman–Crippen LogP) is 4.99. The third-order valence-corrected chi connectivity index (χ3v) is 6.11. The number of fused-ring (bicyclic) bond motifs is 1. The Hall–Kier alpha value is -1.76. The van der Waals surface area contributed by atoms with Crippen molar-refractivity contribution in [2.24, 2.45) is 0 Å². The van der Waals surface area contributed by atoms with Crippen LogP contribution in [0.2, 0.25) is 5.02 Å². The van der Waals surface area contributed by atoms with Crippen molar-refractivity contribution < 1.29 is 0 Å². The fourth-order valence-corrected chi connectivity index (χ4v) is 4.50. The summed E-state index contributed by atoms with van der Waals surface area (Å²) in [4.78, 5) is 2.44. The van der Waals surface area contributed by atoms with E-state index >= 15 is 0 Å². The molecule has 146 valence electrons. The normalized spacial score (nSPS) is 16.0. The van der Waals surface area contributed by atoms with Crippen LogP contribution in [0.25, 0.3) is 0 Å². The van der Waals surface area contributed by atoms with Crippen LogP contribution in [-0.4, -0.2) is 31.7 Å². The summed E-state index contributed by atoms with van der Waals surface area (Å²) in [6.07, 6.45) is 0.977. The smallest absolute Gasteiger partial charge is 0.173 e. The van der Waals surface area contributed by atoms with Gasteiger partial charge in [-0.3, -0.25) is 4.90 Å². The number of halogens is 2. The molecule has 0 N–H and O–H groups in total. The molecule has 1 atom stereocenters. The number of hydrogen-bond donors (Lipinski definition) is 0. The van der Waals surface area contributed by atoms with E-state index in [1.165, 1.54) is 11.1 Å². The maximum atomic E-state index is 6.27. The molecule has 0 saturated heterocycles. The van der Waals surface area contributed by atoms with Gasteiger partial charge in [-0.05, 0) is 72.5 Å². The number of tetrazole rings is 1. The molecule has 0 fully saturated rings. The summed E-state index contributed by atoms with van der Waals surface area (Å²) < 4.78 is 2.99. The molecule has 0 radical (unpaired) electrons. The van der Waals surface area contributed by atoms with Gasteiger partial charge in [0, 0.05) is 22.6 Å². The molecule has 4 rings (SSSR count). The SMILES string of the molecule is CC(C)(C)n1nnnc1C(c1ccccc1Br)N1CCc2ccc(Cl)cc2C1. The van der Waals surface area contributed by atoms with E-state index in [4.69, 9.17) is 11.6 Å². The van der Waals surface area contributed by atoms with Crippen molar-refractivity contribution in [1.82, 2.24) is 25.1 Å². The minimum atomic E-state index is -0.213. The van der Waals surface area contributed by atoms with Crippen LogP contribution < -0.4 is 0 Å². The number of benzene rings is 2. The Bertz CT molecular complexity index is 994. The Labute approximate surface area is 178 Å². The van der Waals surface area contributed by atoms with Crippen molar-refractivity contribution >= 4 is 27.5 Å². The number of hydrogen-bond acceptors (Lipinski definition) is 4. The Kier molecular flexibility index (Phi) is 5.29. The molecule has 0 bridgehead atoms. The molecule has 3 aromatic rings. The summed E-state index contributed by atoms with van der Waals surface area (Å²) in [5, 5.41) is 13.6. The topological polar surface area (TPSA) is 46.8 Å². The first-order valence-electron chi connectivity index (χ1n) is 9.39. The van der Waals surface area contributed by atoms with Crippen molar-refractivity contribution in [3.63, 3.8) is 0 Å². The highest BCUT2D eigenvalue weighted by atomic mass is 79.9. The van der Waals surface area contributed by atoms with Gasteiger partial charge >= 0.3 is 0 Å². The lowest BCUT2D eigenvalue weighted by Crippen LogP contribution is -2.38. The number of nitrogens with zero attached hydrogens (tertiary/aromatic N) is 5. The lowest BCUT2D eigenvalue weighted by molar-refractivity contribution is 0.185. The molecule has 2 heterocycles. The van der Waals surface area contributed by atoms with Crippen LogP contribution in [0.3, 0.4) is 0 Å². The fraction of sp³-hybridized carbons (Fsp3) is 0.381. The summed E-state index contributed by atoms with van der Waals surface area (Å²) in [5.74, 6) is 0.852. The minimum absolute atomic E-state index is 0.0584. The highest BCUT2D eigenvalue weighted by Crippen LogP contribution is 2.37. The lowest BCUT2D eigenvalue weighted by atomic mass is 9.95. The molecule has 28 heavy (non-hydrogen) atoms. The molecular formula is C21H23BrClN5. The molecule has 0 saturated carbocycles. The van der Waals surface area contributed by atoms with Crippen molar-refractivity contribution in [3.8, 4) is 0 Å². The van der Waals surface area contributed by atoms with Crippen LogP contribution in [-0.2, 0) is 18.5 Å². The Morgan fingerprint density at radius 3 is 2.64 bits per heavy atom. The molecule has 5 nitrogen and oxygen atoms in total. The second-order valence-corrected chi connectivity index (χ2v) is 9.47. The van der Waals surface area contributed by atoms with Crippen LogP contribution in [0.1, 0.15) is 49.3 Å². The van der Waals surface area contributed by atoms with E-state index in [0.29, 0.717) is 0 Å². The maximum absolute atomic E-state index is 6.27. The molecule has 7 heteroatoms. The van der Waals surface area contributed by atoms with E-state index in [1.807, 2.05) is 16.8 Å². The second kappa shape index (κ2) is 7.58. The van der Waals surface area contributed by atoms with Crippen LogP contribution >= 0.6 is 27.5 Å². The van der Waals surface area contributed by atoms with Gasteiger partial charge < -0.3 is 0 Å². The van der Waals surface area contributed by atoms with Gasteiger partial charge in [-0.2, -0.15) is 0 Å². The lowest BCUT2D eigenvalue weighted by Gasteiger charge is -2.36. The van der Waals surface area contributed by atoms with Gasteiger partial charge in [0.15, 0.2) is 5.82 Å². The molecule has 1 aliphatic rings. The zero-order valence-corrected chi connectivity index (χ0v) is 18.6. The third-order valence-electron chi connectivity index (χ3n) is 5.15. The maximum Gasteiger partial charge on any atom is 0.173 e. The van der Waals surface area contributed by atoms with Gasteiger partial charge in [0.1, 0.15) is 0 Å². The Morgan fingerprint density at radius 2 is 1.89 bits per heavy atom. The average Bonchev–Trinajstić information content (AvgIpc) is 3.13. The van der Waals surface area contributed by atoms with Crippen LogP contribution in [0.5, 0.6) is 0 Å². The third kappa shape index (κ3) is 3.73. The highest BCUT2D eigenvalue weighted by molar-refractivity contribution is 9.10. The first-order chi connectivity index (χ1) is 13.3. The number of rotatable bonds is 3. The first-order valence-corrected chi connectivity index (χ1v) is 10.6. The van der Waals surface area contributed by atoms with Crippen molar-refractivity contribution in [2.45, 2.75) is 45.3 Å². The molecule has 1 unspecified atom stereocenters. The van der Waals surface area contributed by atoms with Crippen LogP contribution in [0.4, 0.5) is 0 Å². The standard InChI is InChI=1S/C21H23BrClN5/c1-21(2,3)28-20(24-25-26-28)19(17-6-4-5-7-18(17)22)27-11-10-14-8-9-16(23)12-15(14)13-27/h4-9,12,19H,10-11,13H2,1-3H3. The minimum Gasteiger partial charge on any atom is -0.285 e. The fourth-order valence-electron chi connectivity index (χ4n) is 3.81. The zero-order valence-electron chi connectivity index (χ0n) is 16.2. The van der Waals surface area contributed by atoms with E-state index in [1.54, 1.807) is 0 Å². The van der Waals surface area contributed by atoms with Gasteiger partial charge in [0.05, 0.1) is 11.6 Å². The number of aromatic nitrogens is 4. The van der Waals surface area contributed by atoms with E-state index in [9.17, 15) is 0 Å². The molecule has 0 spiro atoms.